The lowest BCUT2D eigenvalue weighted by Crippen LogP contribution is -2.37. The van der Waals surface area contributed by atoms with Crippen LogP contribution >= 0.6 is 27.5 Å². The lowest BCUT2D eigenvalue weighted by molar-refractivity contribution is -0.0591. The Morgan fingerprint density at radius 2 is 1.86 bits per heavy atom. The van der Waals surface area contributed by atoms with Gasteiger partial charge in [-0.1, -0.05) is 41.6 Å². The van der Waals surface area contributed by atoms with E-state index in [1.54, 1.807) is 0 Å². The third kappa shape index (κ3) is 4.08. The highest BCUT2D eigenvalue weighted by Crippen LogP contribution is 2.26. The fraction of sp³-hybridized carbons (Fsp3) is 1.00. The summed E-state index contributed by atoms with van der Waals surface area (Å²) >= 11 is 9.38. The third-order valence-electron chi connectivity index (χ3n) is 2.82. The Labute approximate surface area is 101 Å². The predicted molar refractivity (Wildman–Crippen MR) is 65.5 cm³/mol. The topological polar surface area (TPSA) is 9.23 Å². The molecule has 1 aliphatic carbocycles. The number of rotatable bonds is 4. The second-order valence-electron chi connectivity index (χ2n) is 4.45. The molecule has 1 nitrogen and oxygen atoms in total. The molecule has 0 amide bonds. The van der Waals surface area contributed by atoms with E-state index >= 15 is 0 Å². The Bertz CT molecular complexity index is 151. The van der Waals surface area contributed by atoms with Crippen molar-refractivity contribution in [3.63, 3.8) is 0 Å². The van der Waals surface area contributed by atoms with Crippen LogP contribution in [0.1, 0.15) is 45.4 Å². The zero-order valence-corrected chi connectivity index (χ0v) is 11.2. The molecule has 3 heteroatoms. The van der Waals surface area contributed by atoms with Gasteiger partial charge in [-0.3, -0.25) is 0 Å². The first-order valence-electron chi connectivity index (χ1n) is 5.50. The van der Waals surface area contributed by atoms with Crippen LogP contribution < -0.4 is 0 Å². The zero-order chi connectivity index (χ0) is 10.4. The van der Waals surface area contributed by atoms with Crippen LogP contribution in [0.25, 0.3) is 0 Å². The Morgan fingerprint density at radius 1 is 1.29 bits per heavy atom. The molecule has 0 saturated heterocycles. The number of alkyl halides is 2. The fourth-order valence-electron chi connectivity index (χ4n) is 1.86. The smallest absolute Gasteiger partial charge is 0.0889 e. The van der Waals surface area contributed by atoms with Crippen LogP contribution in [0.2, 0.25) is 0 Å². The fourth-order valence-corrected chi connectivity index (χ4v) is 2.58. The van der Waals surface area contributed by atoms with Crippen molar-refractivity contribution < 1.29 is 4.74 Å². The second kappa shape index (κ2) is 6.34. The summed E-state index contributed by atoms with van der Waals surface area (Å²) in [5, 5.41) is 0.819. The number of hydrogen-bond acceptors (Lipinski definition) is 1. The van der Waals surface area contributed by atoms with Gasteiger partial charge in [-0.15, -0.1) is 11.6 Å². The van der Waals surface area contributed by atoms with Crippen molar-refractivity contribution in [3.8, 4) is 0 Å². The van der Waals surface area contributed by atoms with Crippen molar-refractivity contribution in [3.05, 3.63) is 0 Å². The Hall–Kier alpha value is 0.730. The van der Waals surface area contributed by atoms with Crippen LogP contribution in [0.3, 0.4) is 0 Å². The normalized spacial score (nSPS) is 24.2. The summed E-state index contributed by atoms with van der Waals surface area (Å²) in [6.45, 7) is 2.08. The van der Waals surface area contributed by atoms with Crippen LogP contribution in [0.4, 0.5) is 0 Å². The molecule has 0 aromatic carbocycles. The maximum Gasteiger partial charge on any atom is 0.0889 e. The second-order valence-corrected chi connectivity index (χ2v) is 5.28. The molecule has 1 aliphatic rings. The monoisotopic (exact) mass is 282 g/mol. The van der Waals surface area contributed by atoms with Gasteiger partial charge in [-0.05, 0) is 19.8 Å². The van der Waals surface area contributed by atoms with Gasteiger partial charge in [0, 0.05) is 5.33 Å². The van der Waals surface area contributed by atoms with Gasteiger partial charge in [0.1, 0.15) is 0 Å². The van der Waals surface area contributed by atoms with Gasteiger partial charge < -0.3 is 4.74 Å². The minimum Gasteiger partial charge on any atom is -0.370 e. The summed E-state index contributed by atoms with van der Waals surface area (Å²) in [5.41, 5.74) is -0.184. The maximum atomic E-state index is 6.08. The molecule has 1 fully saturated rings. The van der Waals surface area contributed by atoms with E-state index < -0.39 is 0 Å². The molecule has 84 valence electrons. The standard InChI is InChI=1S/C11H20BrClO/c1-11(8-12,9-13)14-10-6-4-2-3-5-7-10/h10H,2-9H2,1H3. The summed E-state index contributed by atoms with van der Waals surface area (Å²) in [7, 11) is 0. The summed E-state index contributed by atoms with van der Waals surface area (Å²) in [6.07, 6.45) is 8.20. The Balaban J connectivity index is 2.39. The average molecular weight is 284 g/mol. The largest absolute Gasteiger partial charge is 0.370 e. The Morgan fingerprint density at radius 3 is 2.29 bits per heavy atom. The highest BCUT2D eigenvalue weighted by atomic mass is 79.9. The third-order valence-corrected chi connectivity index (χ3v) is 4.57. The first-order valence-corrected chi connectivity index (χ1v) is 7.15. The number of halogens is 2. The van der Waals surface area contributed by atoms with Gasteiger partial charge in [0.2, 0.25) is 0 Å². The summed E-state index contributed by atoms with van der Waals surface area (Å²) in [4.78, 5) is 0. The van der Waals surface area contributed by atoms with Gasteiger partial charge in [0.25, 0.3) is 0 Å². The van der Waals surface area contributed by atoms with E-state index in [1.807, 2.05) is 0 Å². The molecular formula is C11H20BrClO. The predicted octanol–water partition coefficient (Wildman–Crippen LogP) is 4.12. The van der Waals surface area contributed by atoms with E-state index in [9.17, 15) is 0 Å². The van der Waals surface area contributed by atoms with Crippen LogP contribution in [-0.2, 0) is 4.74 Å². The zero-order valence-electron chi connectivity index (χ0n) is 8.90. The lowest BCUT2D eigenvalue weighted by atomic mass is 10.1. The van der Waals surface area contributed by atoms with Gasteiger partial charge in [0.15, 0.2) is 0 Å². The van der Waals surface area contributed by atoms with E-state index in [0.29, 0.717) is 12.0 Å². The molecule has 1 unspecified atom stereocenters. The van der Waals surface area contributed by atoms with Gasteiger partial charge in [0.05, 0.1) is 17.6 Å². The highest BCUT2D eigenvalue weighted by Gasteiger charge is 2.27. The quantitative estimate of drug-likeness (QED) is 0.557. The van der Waals surface area contributed by atoms with Crippen molar-refractivity contribution >= 4 is 27.5 Å². The molecule has 0 aromatic rings. The summed E-state index contributed by atoms with van der Waals surface area (Å²) < 4.78 is 6.08. The van der Waals surface area contributed by atoms with E-state index in [4.69, 9.17) is 16.3 Å². The molecule has 1 atom stereocenters. The van der Waals surface area contributed by atoms with Crippen molar-refractivity contribution in [2.75, 3.05) is 11.2 Å². The molecule has 0 N–H and O–H groups in total. The molecule has 1 saturated carbocycles. The molecule has 0 aliphatic heterocycles. The molecular weight excluding hydrogens is 263 g/mol. The molecule has 0 aromatic heterocycles. The minimum absolute atomic E-state index is 0.184. The minimum atomic E-state index is -0.184. The average Bonchev–Trinajstić information content (AvgIpc) is 2.46. The molecule has 0 heterocycles. The lowest BCUT2D eigenvalue weighted by Gasteiger charge is -2.30. The van der Waals surface area contributed by atoms with E-state index in [2.05, 4.69) is 22.9 Å². The van der Waals surface area contributed by atoms with E-state index in [1.165, 1.54) is 38.5 Å². The number of hydrogen-bond donors (Lipinski definition) is 0. The van der Waals surface area contributed by atoms with Crippen molar-refractivity contribution in [1.82, 2.24) is 0 Å². The van der Waals surface area contributed by atoms with Crippen LogP contribution in [0, 0.1) is 0 Å². The summed E-state index contributed by atoms with van der Waals surface area (Å²) in [5.74, 6) is 0.564. The van der Waals surface area contributed by atoms with Crippen molar-refractivity contribution in [2.45, 2.75) is 57.2 Å². The van der Waals surface area contributed by atoms with Crippen LogP contribution in [0.5, 0.6) is 0 Å². The Kier molecular flexibility index (Phi) is 5.80. The molecule has 0 bridgehead atoms. The van der Waals surface area contributed by atoms with Crippen LogP contribution in [0.15, 0.2) is 0 Å². The van der Waals surface area contributed by atoms with Gasteiger partial charge >= 0.3 is 0 Å². The summed E-state index contributed by atoms with van der Waals surface area (Å²) in [6, 6.07) is 0. The number of ether oxygens (including phenoxy) is 1. The van der Waals surface area contributed by atoms with Crippen LogP contribution in [-0.4, -0.2) is 22.9 Å². The first-order chi connectivity index (χ1) is 6.70. The van der Waals surface area contributed by atoms with Crippen molar-refractivity contribution in [1.29, 1.82) is 0 Å². The molecule has 14 heavy (non-hydrogen) atoms. The first kappa shape index (κ1) is 12.8. The van der Waals surface area contributed by atoms with Gasteiger partial charge in [-0.25, -0.2) is 0 Å². The van der Waals surface area contributed by atoms with Crippen molar-refractivity contribution in [2.24, 2.45) is 0 Å². The maximum absolute atomic E-state index is 6.08. The highest BCUT2D eigenvalue weighted by molar-refractivity contribution is 9.09. The van der Waals surface area contributed by atoms with E-state index in [-0.39, 0.29) is 5.60 Å². The van der Waals surface area contributed by atoms with Gasteiger partial charge in [-0.2, -0.15) is 0 Å². The SMILES string of the molecule is CC(CCl)(CBr)OC1CCCCCC1. The molecule has 1 rings (SSSR count). The molecule has 0 radical (unpaired) electrons. The van der Waals surface area contributed by atoms with E-state index in [0.717, 1.165) is 5.33 Å². The molecule has 0 spiro atoms.